The highest BCUT2D eigenvalue weighted by atomic mass is 79.9. The molecule has 84 valence electrons. The van der Waals surface area contributed by atoms with Crippen molar-refractivity contribution in [1.82, 2.24) is 15.5 Å². The van der Waals surface area contributed by atoms with E-state index in [1.54, 1.807) is 6.20 Å². The van der Waals surface area contributed by atoms with Gasteiger partial charge in [0.1, 0.15) is 10.7 Å². The van der Waals surface area contributed by atoms with Gasteiger partial charge in [0.15, 0.2) is 0 Å². The van der Waals surface area contributed by atoms with E-state index in [9.17, 15) is 4.79 Å². The van der Waals surface area contributed by atoms with Crippen molar-refractivity contribution in [3.8, 4) is 0 Å². The normalized spacial score (nSPS) is 10.3. The molecule has 16 heavy (non-hydrogen) atoms. The van der Waals surface area contributed by atoms with Gasteiger partial charge in [-0.3, -0.25) is 9.89 Å². The predicted octanol–water partition coefficient (Wildman–Crippen LogP) is 1.75. The van der Waals surface area contributed by atoms with Crippen molar-refractivity contribution in [2.45, 2.75) is 6.54 Å². The molecule has 2 heterocycles. The number of halogens is 1. The molecule has 7 heteroatoms. The summed E-state index contributed by atoms with van der Waals surface area (Å²) in [7, 11) is 0. The number of aromatic nitrogens is 2. The third-order valence-electron chi connectivity index (χ3n) is 2.01. The Morgan fingerprint density at radius 2 is 2.50 bits per heavy atom. The van der Waals surface area contributed by atoms with Gasteiger partial charge in [0.2, 0.25) is 0 Å². The Labute approximate surface area is 104 Å². The Balaban J connectivity index is 1.99. The molecule has 0 fully saturated rings. The molecule has 4 N–H and O–H groups in total. The number of nitrogens with one attached hydrogen (secondary N) is 2. The van der Waals surface area contributed by atoms with Gasteiger partial charge < -0.3 is 11.1 Å². The number of amides is 1. The van der Waals surface area contributed by atoms with Crippen LogP contribution in [0.3, 0.4) is 0 Å². The number of nitrogens with two attached hydrogens (primary N) is 1. The summed E-state index contributed by atoms with van der Waals surface area (Å²) in [6.45, 7) is 0.367. The molecule has 2 aromatic rings. The highest BCUT2D eigenvalue weighted by Crippen LogP contribution is 2.22. The number of carbonyl (C=O) groups is 1. The highest BCUT2D eigenvalue weighted by molar-refractivity contribution is 9.10. The number of aromatic amines is 1. The third kappa shape index (κ3) is 2.25. The molecule has 0 aromatic carbocycles. The van der Waals surface area contributed by atoms with Gasteiger partial charge in [-0.25, -0.2) is 0 Å². The summed E-state index contributed by atoms with van der Waals surface area (Å²) in [5, 5.41) is 11.0. The van der Waals surface area contributed by atoms with Gasteiger partial charge in [-0.15, -0.1) is 11.3 Å². The number of nitrogen functional groups attached to an aromatic ring is 1. The van der Waals surface area contributed by atoms with Crippen LogP contribution in [0.1, 0.15) is 15.2 Å². The molecule has 0 radical (unpaired) electrons. The number of nitrogens with zero attached hydrogens (tertiary/aromatic N) is 1. The largest absolute Gasteiger partial charge is 0.384 e. The number of thiophene rings is 1. The van der Waals surface area contributed by atoms with Gasteiger partial charge in [0, 0.05) is 16.6 Å². The maximum Gasteiger partial charge on any atom is 0.262 e. The van der Waals surface area contributed by atoms with Gasteiger partial charge in [0.05, 0.1) is 6.20 Å². The van der Waals surface area contributed by atoms with E-state index in [2.05, 4.69) is 31.4 Å². The van der Waals surface area contributed by atoms with Crippen molar-refractivity contribution in [2.75, 3.05) is 5.73 Å². The van der Waals surface area contributed by atoms with Crippen LogP contribution in [0.2, 0.25) is 0 Å². The van der Waals surface area contributed by atoms with E-state index in [4.69, 9.17) is 5.73 Å². The van der Waals surface area contributed by atoms with E-state index < -0.39 is 0 Å². The molecule has 0 saturated carbocycles. The fraction of sp³-hybridized carbons (Fsp3) is 0.111. The first kappa shape index (κ1) is 11.2. The first-order chi connectivity index (χ1) is 7.68. The average Bonchev–Trinajstić information content (AvgIpc) is 2.84. The summed E-state index contributed by atoms with van der Waals surface area (Å²) in [5.41, 5.74) is 6.38. The van der Waals surface area contributed by atoms with Crippen LogP contribution >= 0.6 is 27.3 Å². The van der Waals surface area contributed by atoms with Crippen molar-refractivity contribution in [2.24, 2.45) is 0 Å². The second kappa shape index (κ2) is 4.67. The lowest BCUT2D eigenvalue weighted by Gasteiger charge is -2.02. The van der Waals surface area contributed by atoms with Crippen LogP contribution in [0.5, 0.6) is 0 Å². The van der Waals surface area contributed by atoms with E-state index >= 15 is 0 Å². The van der Waals surface area contributed by atoms with Gasteiger partial charge in [-0.2, -0.15) is 5.10 Å². The van der Waals surface area contributed by atoms with Crippen LogP contribution in [0, 0.1) is 0 Å². The van der Waals surface area contributed by atoms with Crippen molar-refractivity contribution >= 4 is 39.0 Å². The zero-order valence-corrected chi connectivity index (χ0v) is 10.6. The molecule has 2 aromatic heterocycles. The second-order valence-corrected chi connectivity index (χ2v) is 4.86. The lowest BCUT2D eigenvalue weighted by atomic mass is 10.3. The first-order valence-corrected chi connectivity index (χ1v) is 6.14. The number of anilines is 1. The molecule has 2 rings (SSSR count). The van der Waals surface area contributed by atoms with Gasteiger partial charge >= 0.3 is 0 Å². The summed E-state index contributed by atoms with van der Waals surface area (Å²) in [4.78, 5) is 12.4. The third-order valence-corrected chi connectivity index (χ3v) is 3.85. The summed E-state index contributed by atoms with van der Waals surface area (Å²) < 4.78 is 0.801. The fourth-order valence-corrected chi connectivity index (χ4v) is 2.64. The molecular formula is C9H9BrN4OS. The molecule has 5 nitrogen and oxygen atoms in total. The minimum Gasteiger partial charge on any atom is -0.384 e. The number of H-pyrrole nitrogens is 1. The van der Waals surface area contributed by atoms with Crippen molar-refractivity contribution < 1.29 is 4.79 Å². The minimum absolute atomic E-state index is 0.123. The molecule has 0 atom stereocenters. The standard InChI is InChI=1S/C9H9BrN4OS/c10-6-1-2-16-7(6)9(15)12-3-5-4-13-14-8(5)11/h1-2,4H,3H2,(H,12,15)(H3,11,13,14). The van der Waals surface area contributed by atoms with Crippen LogP contribution in [0.4, 0.5) is 5.82 Å². The molecule has 0 bridgehead atoms. The molecular weight excluding hydrogens is 292 g/mol. The second-order valence-electron chi connectivity index (χ2n) is 3.09. The van der Waals surface area contributed by atoms with E-state index in [0.29, 0.717) is 17.2 Å². The van der Waals surface area contributed by atoms with Crippen molar-refractivity contribution in [1.29, 1.82) is 0 Å². The Morgan fingerprint density at radius 1 is 1.69 bits per heavy atom. The Hall–Kier alpha value is -1.34. The maximum absolute atomic E-state index is 11.7. The van der Waals surface area contributed by atoms with Gasteiger partial charge in [0.25, 0.3) is 5.91 Å². The van der Waals surface area contributed by atoms with Crippen LogP contribution in [0.25, 0.3) is 0 Å². The van der Waals surface area contributed by atoms with Gasteiger partial charge in [-0.1, -0.05) is 0 Å². The molecule has 0 aliphatic heterocycles. The van der Waals surface area contributed by atoms with Gasteiger partial charge in [-0.05, 0) is 27.4 Å². The SMILES string of the molecule is Nc1[nH]ncc1CNC(=O)c1sccc1Br. The van der Waals surface area contributed by atoms with Crippen LogP contribution in [0.15, 0.2) is 22.1 Å². The zero-order chi connectivity index (χ0) is 11.5. The monoisotopic (exact) mass is 300 g/mol. The number of carbonyl (C=O) groups excluding carboxylic acids is 1. The molecule has 0 spiro atoms. The lowest BCUT2D eigenvalue weighted by Crippen LogP contribution is -2.22. The lowest BCUT2D eigenvalue weighted by molar-refractivity contribution is 0.0954. The number of rotatable bonds is 3. The number of hydrogen-bond acceptors (Lipinski definition) is 4. The first-order valence-electron chi connectivity index (χ1n) is 4.47. The highest BCUT2D eigenvalue weighted by Gasteiger charge is 2.11. The van der Waals surface area contributed by atoms with Crippen LogP contribution in [-0.4, -0.2) is 16.1 Å². The topological polar surface area (TPSA) is 83.8 Å². The fourth-order valence-electron chi connectivity index (χ4n) is 1.17. The Morgan fingerprint density at radius 3 is 3.06 bits per heavy atom. The zero-order valence-electron chi connectivity index (χ0n) is 8.16. The maximum atomic E-state index is 11.7. The Bertz CT molecular complexity index is 507. The summed E-state index contributed by atoms with van der Waals surface area (Å²) in [6, 6.07) is 1.84. The van der Waals surface area contributed by atoms with E-state index in [0.717, 1.165) is 10.0 Å². The molecule has 0 saturated heterocycles. The summed E-state index contributed by atoms with van der Waals surface area (Å²) >= 11 is 4.69. The van der Waals surface area contributed by atoms with Crippen molar-refractivity contribution in [3.63, 3.8) is 0 Å². The molecule has 0 aliphatic rings. The minimum atomic E-state index is -0.123. The number of hydrogen-bond donors (Lipinski definition) is 3. The quantitative estimate of drug-likeness (QED) is 0.807. The molecule has 0 aliphatic carbocycles. The molecule has 0 unspecified atom stereocenters. The molecule has 1 amide bonds. The van der Waals surface area contributed by atoms with E-state index in [1.807, 2.05) is 11.4 Å². The summed E-state index contributed by atoms with van der Waals surface area (Å²) in [5.74, 6) is 0.355. The van der Waals surface area contributed by atoms with Crippen LogP contribution < -0.4 is 11.1 Å². The van der Waals surface area contributed by atoms with E-state index in [1.165, 1.54) is 11.3 Å². The predicted molar refractivity (Wildman–Crippen MR) is 66.2 cm³/mol. The smallest absolute Gasteiger partial charge is 0.262 e. The van der Waals surface area contributed by atoms with E-state index in [-0.39, 0.29) is 5.91 Å². The Kier molecular flexibility index (Phi) is 3.25. The van der Waals surface area contributed by atoms with Crippen molar-refractivity contribution in [3.05, 3.63) is 32.6 Å². The van der Waals surface area contributed by atoms with Crippen LogP contribution in [-0.2, 0) is 6.54 Å². The average molecular weight is 301 g/mol. The summed E-state index contributed by atoms with van der Waals surface area (Å²) in [6.07, 6.45) is 1.60.